The zero-order valence-corrected chi connectivity index (χ0v) is 17.7. The minimum atomic E-state index is -0.330. The molecule has 3 aromatic carbocycles. The van der Waals surface area contributed by atoms with Gasteiger partial charge in [-0.05, 0) is 47.0 Å². The van der Waals surface area contributed by atoms with Crippen LogP contribution in [0.1, 0.15) is 16.7 Å². The Bertz CT molecular complexity index is 1090. The maximum absolute atomic E-state index is 13.3. The molecule has 1 N–H and O–H groups in total. The lowest BCUT2D eigenvalue weighted by atomic mass is 10.1. The summed E-state index contributed by atoms with van der Waals surface area (Å²) in [5, 5.41) is 2.75. The minimum Gasteiger partial charge on any atom is -0.352 e. The van der Waals surface area contributed by atoms with Crippen LogP contribution in [0.15, 0.2) is 97.6 Å². The molecule has 0 heterocycles. The van der Waals surface area contributed by atoms with Gasteiger partial charge in [0, 0.05) is 18.3 Å². The maximum Gasteiger partial charge on any atom is 0.251 e. The summed E-state index contributed by atoms with van der Waals surface area (Å²) >= 11 is 0. The van der Waals surface area contributed by atoms with Crippen molar-refractivity contribution in [1.82, 2.24) is 5.32 Å². The third-order valence-corrected chi connectivity index (χ3v) is 4.77. The summed E-state index contributed by atoms with van der Waals surface area (Å²) in [5.74, 6) is -0.669. The largest absolute Gasteiger partial charge is 0.352 e. The molecule has 162 valence electrons. The molecule has 0 aliphatic carbocycles. The van der Waals surface area contributed by atoms with Crippen molar-refractivity contribution < 1.29 is 14.0 Å². The van der Waals surface area contributed by atoms with E-state index in [9.17, 15) is 14.0 Å². The number of nitrogens with one attached hydrogen (secondary N) is 1. The van der Waals surface area contributed by atoms with Crippen LogP contribution in [0.3, 0.4) is 0 Å². The number of benzene rings is 3. The first kappa shape index (κ1) is 22.7. The van der Waals surface area contributed by atoms with Crippen molar-refractivity contribution in [3.05, 3.63) is 120 Å². The summed E-state index contributed by atoms with van der Waals surface area (Å²) in [6, 6.07) is 22.9. The van der Waals surface area contributed by atoms with E-state index in [2.05, 4.69) is 11.9 Å². The molecule has 5 heteroatoms. The minimum absolute atomic E-state index is 0.123. The average molecular weight is 429 g/mol. The summed E-state index contributed by atoms with van der Waals surface area (Å²) in [6.45, 7) is 4.26. The second kappa shape index (κ2) is 11.4. The van der Waals surface area contributed by atoms with Crippen LogP contribution in [0.5, 0.6) is 0 Å². The van der Waals surface area contributed by atoms with Gasteiger partial charge in [0.05, 0.1) is 13.0 Å². The summed E-state index contributed by atoms with van der Waals surface area (Å²) in [5.41, 5.74) is 3.15. The van der Waals surface area contributed by atoms with Crippen molar-refractivity contribution in [3.63, 3.8) is 0 Å². The van der Waals surface area contributed by atoms with Gasteiger partial charge in [-0.15, -0.1) is 6.58 Å². The van der Waals surface area contributed by atoms with Gasteiger partial charge in [-0.25, -0.2) is 4.39 Å². The number of carbonyl (C=O) groups excluding carboxylic acids is 2. The Morgan fingerprint density at radius 1 is 0.938 bits per heavy atom. The molecule has 0 spiro atoms. The first-order chi connectivity index (χ1) is 15.5. The highest BCUT2D eigenvalue weighted by molar-refractivity contribution is 6.03. The molecule has 2 amide bonds. The fourth-order valence-electron chi connectivity index (χ4n) is 3.16. The van der Waals surface area contributed by atoms with Crippen molar-refractivity contribution >= 4 is 23.6 Å². The van der Waals surface area contributed by atoms with E-state index in [1.54, 1.807) is 29.2 Å². The molecule has 0 radical (unpaired) electrons. The molecular formula is C27H25FN2O2. The summed E-state index contributed by atoms with van der Waals surface area (Å²) in [6.07, 6.45) is 5.09. The van der Waals surface area contributed by atoms with Gasteiger partial charge in [-0.3, -0.25) is 9.59 Å². The molecular weight excluding hydrogens is 403 g/mol. The van der Waals surface area contributed by atoms with Crippen LogP contribution >= 0.6 is 0 Å². The Balaban J connectivity index is 1.86. The number of halogens is 1. The van der Waals surface area contributed by atoms with Crippen molar-refractivity contribution in [2.45, 2.75) is 13.0 Å². The molecule has 0 fully saturated rings. The standard InChI is InChI=1S/C27H25FN2O2/c1-2-17-29-26(31)19-23-9-6-10-25(18-23)30(20-22-11-14-24(28)15-12-22)27(32)16-13-21-7-4-3-5-8-21/h2-16,18H,1,17,19-20H2,(H,29,31). The van der Waals surface area contributed by atoms with Crippen LogP contribution in [0.2, 0.25) is 0 Å². The van der Waals surface area contributed by atoms with Crippen molar-refractivity contribution in [3.8, 4) is 0 Å². The number of carbonyl (C=O) groups is 2. The molecule has 0 saturated heterocycles. The summed E-state index contributed by atoms with van der Waals surface area (Å²) in [7, 11) is 0. The predicted octanol–water partition coefficient (Wildman–Crippen LogP) is 4.92. The van der Waals surface area contributed by atoms with E-state index < -0.39 is 0 Å². The van der Waals surface area contributed by atoms with E-state index in [1.807, 2.05) is 54.6 Å². The topological polar surface area (TPSA) is 49.4 Å². The van der Waals surface area contributed by atoms with E-state index in [0.29, 0.717) is 12.2 Å². The van der Waals surface area contributed by atoms with Gasteiger partial charge in [0.1, 0.15) is 5.82 Å². The molecule has 0 bridgehead atoms. The van der Waals surface area contributed by atoms with Gasteiger partial charge in [-0.1, -0.05) is 60.7 Å². The monoisotopic (exact) mass is 428 g/mol. The Labute approximate surface area is 187 Å². The molecule has 4 nitrogen and oxygen atoms in total. The lowest BCUT2D eigenvalue weighted by molar-refractivity contribution is -0.120. The van der Waals surface area contributed by atoms with Crippen LogP contribution in [0.25, 0.3) is 6.08 Å². The first-order valence-corrected chi connectivity index (χ1v) is 10.3. The summed E-state index contributed by atoms with van der Waals surface area (Å²) in [4.78, 5) is 26.8. The molecule has 0 unspecified atom stereocenters. The molecule has 3 aromatic rings. The number of hydrogen-bond donors (Lipinski definition) is 1. The van der Waals surface area contributed by atoms with Gasteiger partial charge < -0.3 is 10.2 Å². The normalized spacial score (nSPS) is 10.7. The maximum atomic E-state index is 13.3. The van der Waals surface area contributed by atoms with Gasteiger partial charge in [0.25, 0.3) is 5.91 Å². The third-order valence-electron chi connectivity index (χ3n) is 4.77. The van der Waals surface area contributed by atoms with Crippen molar-refractivity contribution in [2.75, 3.05) is 11.4 Å². The van der Waals surface area contributed by atoms with Gasteiger partial charge in [-0.2, -0.15) is 0 Å². The SMILES string of the molecule is C=CCNC(=O)Cc1cccc(N(Cc2ccc(F)cc2)C(=O)C=Cc2ccccc2)c1. The number of nitrogens with zero attached hydrogens (tertiary/aromatic N) is 1. The molecule has 0 aliphatic heterocycles. The van der Waals surface area contributed by atoms with E-state index in [-0.39, 0.29) is 30.6 Å². The number of hydrogen-bond acceptors (Lipinski definition) is 2. The van der Waals surface area contributed by atoms with Crippen LogP contribution in [0.4, 0.5) is 10.1 Å². The lowest BCUT2D eigenvalue weighted by Crippen LogP contribution is -2.29. The van der Waals surface area contributed by atoms with Crippen LogP contribution in [0, 0.1) is 5.82 Å². The van der Waals surface area contributed by atoms with E-state index in [0.717, 1.165) is 16.7 Å². The first-order valence-electron chi connectivity index (χ1n) is 10.3. The van der Waals surface area contributed by atoms with E-state index >= 15 is 0 Å². The van der Waals surface area contributed by atoms with Crippen LogP contribution < -0.4 is 10.2 Å². The number of rotatable bonds is 9. The lowest BCUT2D eigenvalue weighted by Gasteiger charge is -2.22. The molecule has 0 saturated carbocycles. The third kappa shape index (κ3) is 6.77. The zero-order valence-electron chi connectivity index (χ0n) is 17.7. The highest BCUT2D eigenvalue weighted by atomic mass is 19.1. The molecule has 3 rings (SSSR count). The second-order valence-corrected chi connectivity index (χ2v) is 7.23. The Morgan fingerprint density at radius 3 is 2.41 bits per heavy atom. The van der Waals surface area contributed by atoms with Crippen LogP contribution in [-0.2, 0) is 22.6 Å². The predicted molar refractivity (Wildman–Crippen MR) is 126 cm³/mol. The fraction of sp³-hybridized carbons (Fsp3) is 0.111. The highest BCUT2D eigenvalue weighted by Crippen LogP contribution is 2.21. The van der Waals surface area contributed by atoms with E-state index in [1.165, 1.54) is 18.2 Å². The van der Waals surface area contributed by atoms with Crippen molar-refractivity contribution in [2.24, 2.45) is 0 Å². The second-order valence-electron chi connectivity index (χ2n) is 7.23. The van der Waals surface area contributed by atoms with Crippen molar-refractivity contribution in [1.29, 1.82) is 0 Å². The smallest absolute Gasteiger partial charge is 0.251 e. The van der Waals surface area contributed by atoms with Gasteiger partial charge in [0.2, 0.25) is 5.91 Å². The fourth-order valence-corrected chi connectivity index (χ4v) is 3.16. The molecule has 32 heavy (non-hydrogen) atoms. The van der Waals surface area contributed by atoms with Gasteiger partial charge in [0.15, 0.2) is 0 Å². The Hall–Kier alpha value is -3.99. The average Bonchev–Trinajstić information content (AvgIpc) is 2.81. The highest BCUT2D eigenvalue weighted by Gasteiger charge is 2.15. The quantitative estimate of drug-likeness (QED) is 0.389. The zero-order chi connectivity index (χ0) is 22.8. The Kier molecular flexibility index (Phi) is 8.09. The van der Waals surface area contributed by atoms with Crippen LogP contribution in [-0.4, -0.2) is 18.4 Å². The Morgan fingerprint density at radius 2 is 1.69 bits per heavy atom. The molecule has 0 aliphatic rings. The summed E-state index contributed by atoms with van der Waals surface area (Å²) < 4.78 is 13.3. The number of amides is 2. The molecule has 0 atom stereocenters. The van der Waals surface area contributed by atoms with Gasteiger partial charge >= 0.3 is 0 Å². The van der Waals surface area contributed by atoms with E-state index in [4.69, 9.17) is 0 Å². The molecule has 0 aromatic heterocycles. The number of anilines is 1.